The molecule has 0 spiro atoms. The third-order valence-electron chi connectivity index (χ3n) is 3.27. The first-order chi connectivity index (χ1) is 9.91. The Morgan fingerprint density at radius 2 is 1.67 bits per heavy atom. The Balaban J connectivity index is 2.12. The molecule has 1 amide bonds. The van der Waals surface area contributed by atoms with Crippen molar-refractivity contribution in [3.8, 4) is 0 Å². The van der Waals surface area contributed by atoms with E-state index in [-0.39, 0.29) is 4.90 Å². The van der Waals surface area contributed by atoms with Crippen molar-refractivity contribution in [3.63, 3.8) is 0 Å². The topological polar surface area (TPSA) is 66.5 Å². The number of halogens is 2. The number of nitrogens with zero attached hydrogens (tertiary/aromatic N) is 1. The molecule has 0 bridgehead atoms. The standard InChI is InChI=1S/C13H16Cl2N2O3S/c14-12(15)13(18)16-10-4-6-11(7-5-10)21(19,20)17-8-2-1-3-9-17/h4-7,12H,1-3,8-9H2,(H,16,18). The number of sulfonamides is 1. The fraction of sp³-hybridized carbons (Fsp3) is 0.462. The van der Waals surface area contributed by atoms with Crippen LogP contribution in [0.2, 0.25) is 0 Å². The summed E-state index contributed by atoms with van der Waals surface area (Å²) in [5.74, 6) is -0.551. The lowest BCUT2D eigenvalue weighted by Crippen LogP contribution is -2.35. The summed E-state index contributed by atoms with van der Waals surface area (Å²) in [6, 6.07) is 5.98. The van der Waals surface area contributed by atoms with Gasteiger partial charge in [-0.15, -0.1) is 0 Å². The molecule has 0 radical (unpaired) electrons. The SMILES string of the molecule is O=C(Nc1ccc(S(=O)(=O)N2CCCCC2)cc1)C(Cl)Cl. The summed E-state index contributed by atoms with van der Waals surface area (Å²) in [4.78, 5) is 10.4. The molecule has 0 atom stereocenters. The van der Waals surface area contributed by atoms with E-state index in [2.05, 4.69) is 5.32 Å². The summed E-state index contributed by atoms with van der Waals surface area (Å²) in [6.07, 6.45) is 2.84. The molecule has 5 nitrogen and oxygen atoms in total. The fourth-order valence-corrected chi connectivity index (χ4v) is 3.79. The average molecular weight is 351 g/mol. The van der Waals surface area contributed by atoms with Gasteiger partial charge in [0.2, 0.25) is 10.0 Å². The number of nitrogens with one attached hydrogen (secondary N) is 1. The maximum absolute atomic E-state index is 12.4. The van der Waals surface area contributed by atoms with Crippen molar-refractivity contribution in [2.24, 2.45) is 0 Å². The monoisotopic (exact) mass is 350 g/mol. The lowest BCUT2D eigenvalue weighted by molar-refractivity contribution is -0.114. The molecule has 116 valence electrons. The van der Waals surface area contributed by atoms with E-state index in [4.69, 9.17) is 23.2 Å². The third-order valence-corrected chi connectivity index (χ3v) is 5.58. The van der Waals surface area contributed by atoms with Crippen molar-refractivity contribution in [2.45, 2.75) is 29.0 Å². The van der Waals surface area contributed by atoms with Gasteiger partial charge in [-0.1, -0.05) is 29.6 Å². The van der Waals surface area contributed by atoms with E-state index in [1.165, 1.54) is 28.6 Å². The molecule has 1 aromatic carbocycles. The number of amides is 1. The van der Waals surface area contributed by atoms with Crippen LogP contribution in [0.5, 0.6) is 0 Å². The normalized spacial score (nSPS) is 16.9. The Labute approximate surface area is 134 Å². The van der Waals surface area contributed by atoms with Crippen LogP contribution >= 0.6 is 23.2 Å². The van der Waals surface area contributed by atoms with Crippen molar-refractivity contribution >= 4 is 44.8 Å². The van der Waals surface area contributed by atoms with Gasteiger partial charge in [-0.25, -0.2) is 8.42 Å². The fourth-order valence-electron chi connectivity index (χ4n) is 2.16. The predicted molar refractivity (Wildman–Crippen MR) is 83.2 cm³/mol. The summed E-state index contributed by atoms with van der Waals surface area (Å²) in [6.45, 7) is 1.11. The van der Waals surface area contributed by atoms with E-state index in [0.29, 0.717) is 18.8 Å². The Hall–Kier alpha value is -0.820. The first-order valence-corrected chi connectivity index (χ1v) is 8.92. The number of carbonyl (C=O) groups is 1. The van der Waals surface area contributed by atoms with E-state index < -0.39 is 20.8 Å². The van der Waals surface area contributed by atoms with Crippen molar-refractivity contribution in [3.05, 3.63) is 24.3 Å². The van der Waals surface area contributed by atoms with Gasteiger partial charge < -0.3 is 5.32 Å². The number of piperidine rings is 1. The summed E-state index contributed by atoms with van der Waals surface area (Å²) in [5, 5.41) is 2.49. The highest BCUT2D eigenvalue weighted by Gasteiger charge is 2.25. The largest absolute Gasteiger partial charge is 0.324 e. The minimum absolute atomic E-state index is 0.218. The molecule has 1 aliphatic rings. The second kappa shape index (κ2) is 6.96. The van der Waals surface area contributed by atoms with Gasteiger partial charge in [0.25, 0.3) is 5.91 Å². The van der Waals surface area contributed by atoms with E-state index in [0.717, 1.165) is 19.3 Å². The second-order valence-corrected chi connectivity index (χ2v) is 7.81. The highest BCUT2D eigenvalue weighted by atomic mass is 35.5. The molecule has 8 heteroatoms. The summed E-state index contributed by atoms with van der Waals surface area (Å²) in [5.41, 5.74) is 0.448. The van der Waals surface area contributed by atoms with Crippen LogP contribution in [-0.2, 0) is 14.8 Å². The second-order valence-electron chi connectivity index (χ2n) is 4.78. The third kappa shape index (κ3) is 4.10. The Kier molecular flexibility index (Phi) is 5.48. The zero-order valence-corrected chi connectivity index (χ0v) is 13.6. The van der Waals surface area contributed by atoms with Gasteiger partial charge in [0.05, 0.1) is 4.90 Å². The van der Waals surface area contributed by atoms with Gasteiger partial charge in [0.1, 0.15) is 0 Å². The Morgan fingerprint density at radius 3 is 2.19 bits per heavy atom. The molecule has 21 heavy (non-hydrogen) atoms. The van der Waals surface area contributed by atoms with Gasteiger partial charge in [0, 0.05) is 18.8 Å². The number of alkyl halides is 2. The zero-order valence-electron chi connectivity index (χ0n) is 11.3. The maximum Gasteiger partial charge on any atom is 0.257 e. The van der Waals surface area contributed by atoms with Crippen LogP contribution in [0.15, 0.2) is 29.2 Å². The first kappa shape index (κ1) is 16.5. The Morgan fingerprint density at radius 1 is 1.10 bits per heavy atom. The van der Waals surface area contributed by atoms with Gasteiger partial charge in [0.15, 0.2) is 4.84 Å². The van der Waals surface area contributed by atoms with Gasteiger partial charge in [-0.2, -0.15) is 4.31 Å². The summed E-state index contributed by atoms with van der Waals surface area (Å²) in [7, 11) is -3.46. The van der Waals surface area contributed by atoms with Gasteiger partial charge in [-0.3, -0.25) is 4.79 Å². The number of hydrogen-bond donors (Lipinski definition) is 1. The number of anilines is 1. The molecule has 0 aliphatic carbocycles. The molecule has 1 saturated heterocycles. The molecule has 0 aromatic heterocycles. The number of benzene rings is 1. The van der Waals surface area contributed by atoms with Crippen molar-refractivity contribution in [1.29, 1.82) is 0 Å². The first-order valence-electron chi connectivity index (χ1n) is 6.60. The average Bonchev–Trinajstić information content (AvgIpc) is 2.48. The molecule has 1 aromatic rings. The van der Waals surface area contributed by atoms with Crippen LogP contribution in [-0.4, -0.2) is 36.6 Å². The van der Waals surface area contributed by atoms with E-state index in [9.17, 15) is 13.2 Å². The molecule has 2 rings (SSSR count). The lowest BCUT2D eigenvalue weighted by Gasteiger charge is -2.25. The molecule has 1 aliphatic heterocycles. The minimum Gasteiger partial charge on any atom is -0.324 e. The lowest BCUT2D eigenvalue weighted by atomic mass is 10.2. The minimum atomic E-state index is -3.46. The van der Waals surface area contributed by atoms with Gasteiger partial charge >= 0.3 is 0 Å². The molecule has 0 saturated carbocycles. The number of rotatable bonds is 4. The Bertz CT molecular complexity index is 596. The van der Waals surface area contributed by atoms with Crippen molar-refractivity contribution in [2.75, 3.05) is 18.4 Å². The highest BCUT2D eigenvalue weighted by molar-refractivity contribution is 7.89. The van der Waals surface area contributed by atoms with Crippen LogP contribution in [0.1, 0.15) is 19.3 Å². The van der Waals surface area contributed by atoms with Crippen LogP contribution in [0.25, 0.3) is 0 Å². The van der Waals surface area contributed by atoms with Crippen LogP contribution < -0.4 is 5.32 Å². The molecule has 1 heterocycles. The number of carbonyl (C=O) groups excluding carboxylic acids is 1. The summed E-state index contributed by atoms with van der Waals surface area (Å²) < 4.78 is 26.3. The maximum atomic E-state index is 12.4. The van der Waals surface area contributed by atoms with Crippen LogP contribution in [0, 0.1) is 0 Å². The quantitative estimate of drug-likeness (QED) is 0.848. The smallest absolute Gasteiger partial charge is 0.257 e. The van der Waals surface area contributed by atoms with E-state index >= 15 is 0 Å². The zero-order chi connectivity index (χ0) is 15.5. The molecule has 0 unspecified atom stereocenters. The van der Waals surface area contributed by atoms with Crippen LogP contribution in [0.3, 0.4) is 0 Å². The van der Waals surface area contributed by atoms with E-state index in [1.807, 2.05) is 0 Å². The van der Waals surface area contributed by atoms with E-state index in [1.54, 1.807) is 0 Å². The summed E-state index contributed by atoms with van der Waals surface area (Å²) >= 11 is 10.9. The molecule has 1 fully saturated rings. The molecular formula is C13H16Cl2N2O3S. The molecule has 1 N–H and O–H groups in total. The number of hydrogen-bond acceptors (Lipinski definition) is 3. The highest BCUT2D eigenvalue weighted by Crippen LogP contribution is 2.22. The predicted octanol–water partition coefficient (Wildman–Crippen LogP) is 2.60. The van der Waals surface area contributed by atoms with Gasteiger partial charge in [-0.05, 0) is 37.1 Å². The van der Waals surface area contributed by atoms with Crippen LogP contribution in [0.4, 0.5) is 5.69 Å². The van der Waals surface area contributed by atoms with Crippen molar-refractivity contribution in [1.82, 2.24) is 4.31 Å². The van der Waals surface area contributed by atoms with Crippen molar-refractivity contribution < 1.29 is 13.2 Å². The molecular weight excluding hydrogens is 335 g/mol.